The fourth-order valence-electron chi connectivity index (χ4n) is 3.31. The minimum Gasteiger partial charge on any atom is -0.384 e. The van der Waals surface area contributed by atoms with Crippen molar-refractivity contribution in [3.8, 4) is 22.5 Å². The Labute approximate surface area is 154 Å². The Morgan fingerprint density at radius 2 is 1.70 bits per heavy atom. The molecule has 0 unspecified atom stereocenters. The Bertz CT molecular complexity index is 1290. The van der Waals surface area contributed by atoms with E-state index in [4.69, 9.17) is 5.73 Å². The zero-order chi connectivity index (χ0) is 18.4. The van der Waals surface area contributed by atoms with Crippen molar-refractivity contribution >= 4 is 22.5 Å². The Morgan fingerprint density at radius 3 is 2.56 bits per heavy atom. The zero-order valence-electron chi connectivity index (χ0n) is 14.2. The van der Waals surface area contributed by atoms with Gasteiger partial charge in [-0.3, -0.25) is 9.38 Å². The van der Waals surface area contributed by atoms with E-state index in [0.29, 0.717) is 17.3 Å². The van der Waals surface area contributed by atoms with Gasteiger partial charge >= 0.3 is 0 Å². The molecule has 0 bridgehead atoms. The second kappa shape index (κ2) is 5.88. The fourth-order valence-corrected chi connectivity index (χ4v) is 3.31. The van der Waals surface area contributed by atoms with Crippen molar-refractivity contribution in [2.45, 2.75) is 0 Å². The molecule has 0 fully saturated rings. The van der Waals surface area contributed by atoms with Crippen LogP contribution in [0.25, 0.3) is 39.2 Å². The molecule has 5 nitrogen and oxygen atoms in total. The van der Waals surface area contributed by atoms with Crippen LogP contribution < -0.4 is 5.73 Å². The van der Waals surface area contributed by atoms with Gasteiger partial charge in [-0.05, 0) is 42.5 Å². The highest BCUT2D eigenvalue weighted by atomic mass is 19.1. The SMILES string of the molecule is Nc1ccn2c(-c3ccnc4ccccc34)c(-c3ccc(F)cc3)nc2n1. The third-order valence-electron chi connectivity index (χ3n) is 4.54. The topological polar surface area (TPSA) is 69.1 Å². The number of halogens is 1. The van der Waals surface area contributed by atoms with Crippen molar-refractivity contribution in [3.05, 3.63) is 78.9 Å². The maximum absolute atomic E-state index is 13.4. The van der Waals surface area contributed by atoms with E-state index in [1.807, 2.05) is 40.9 Å². The number of aromatic nitrogens is 4. The molecule has 0 saturated carbocycles. The lowest BCUT2D eigenvalue weighted by Gasteiger charge is -2.09. The first-order chi connectivity index (χ1) is 13.2. The summed E-state index contributed by atoms with van der Waals surface area (Å²) < 4.78 is 15.3. The molecule has 0 spiro atoms. The lowest BCUT2D eigenvalue weighted by Crippen LogP contribution is -1.96. The van der Waals surface area contributed by atoms with Crippen molar-refractivity contribution in [2.24, 2.45) is 0 Å². The molecule has 6 heteroatoms. The zero-order valence-corrected chi connectivity index (χ0v) is 14.2. The number of anilines is 1. The van der Waals surface area contributed by atoms with E-state index in [-0.39, 0.29) is 5.82 Å². The molecule has 0 aliphatic heterocycles. The molecule has 3 heterocycles. The summed E-state index contributed by atoms with van der Waals surface area (Å²) in [6.45, 7) is 0. The van der Waals surface area contributed by atoms with Crippen LogP contribution in [0.15, 0.2) is 73.1 Å². The highest BCUT2D eigenvalue weighted by Gasteiger charge is 2.19. The van der Waals surface area contributed by atoms with E-state index >= 15 is 0 Å². The van der Waals surface area contributed by atoms with Gasteiger partial charge in [0.05, 0.1) is 16.9 Å². The van der Waals surface area contributed by atoms with Crippen molar-refractivity contribution in [3.63, 3.8) is 0 Å². The van der Waals surface area contributed by atoms with Crippen LogP contribution in [0, 0.1) is 5.82 Å². The van der Waals surface area contributed by atoms with E-state index in [0.717, 1.165) is 27.7 Å². The summed E-state index contributed by atoms with van der Waals surface area (Å²) in [5, 5.41) is 1.00. The van der Waals surface area contributed by atoms with Gasteiger partial charge in [0.1, 0.15) is 11.6 Å². The van der Waals surface area contributed by atoms with Gasteiger partial charge in [0.2, 0.25) is 5.78 Å². The molecule has 0 saturated heterocycles. The first-order valence-corrected chi connectivity index (χ1v) is 8.45. The summed E-state index contributed by atoms with van der Waals surface area (Å²) in [5.41, 5.74) is 10.1. The third kappa shape index (κ3) is 2.50. The van der Waals surface area contributed by atoms with Gasteiger partial charge in [-0.15, -0.1) is 0 Å². The number of hydrogen-bond acceptors (Lipinski definition) is 4. The number of para-hydroxylation sites is 1. The van der Waals surface area contributed by atoms with Crippen molar-refractivity contribution < 1.29 is 4.39 Å². The van der Waals surface area contributed by atoms with E-state index in [1.54, 1.807) is 24.4 Å². The van der Waals surface area contributed by atoms with E-state index in [9.17, 15) is 4.39 Å². The van der Waals surface area contributed by atoms with Gasteiger partial charge < -0.3 is 5.73 Å². The predicted octanol–water partition coefficient (Wildman–Crippen LogP) is 4.33. The highest BCUT2D eigenvalue weighted by molar-refractivity contribution is 5.97. The van der Waals surface area contributed by atoms with E-state index < -0.39 is 0 Å². The van der Waals surface area contributed by atoms with E-state index in [2.05, 4.69) is 15.0 Å². The van der Waals surface area contributed by atoms with Crippen molar-refractivity contribution in [2.75, 3.05) is 5.73 Å². The molecule has 2 aromatic carbocycles. The van der Waals surface area contributed by atoms with Gasteiger partial charge in [0, 0.05) is 28.9 Å². The number of nitrogens with zero attached hydrogens (tertiary/aromatic N) is 4. The number of pyridine rings is 1. The maximum Gasteiger partial charge on any atom is 0.236 e. The molecule has 0 radical (unpaired) electrons. The number of nitrogen functional groups attached to an aromatic ring is 1. The normalized spacial score (nSPS) is 11.3. The maximum atomic E-state index is 13.4. The van der Waals surface area contributed by atoms with Crippen LogP contribution >= 0.6 is 0 Å². The smallest absolute Gasteiger partial charge is 0.236 e. The summed E-state index contributed by atoms with van der Waals surface area (Å²) in [4.78, 5) is 13.5. The van der Waals surface area contributed by atoms with Crippen LogP contribution in [-0.4, -0.2) is 19.4 Å². The number of rotatable bonds is 2. The molecule has 0 atom stereocenters. The number of nitrogens with two attached hydrogens (primary N) is 1. The average molecular weight is 355 g/mol. The first-order valence-electron chi connectivity index (χ1n) is 8.45. The van der Waals surface area contributed by atoms with Gasteiger partial charge in [-0.1, -0.05) is 18.2 Å². The monoisotopic (exact) mass is 355 g/mol. The van der Waals surface area contributed by atoms with E-state index in [1.165, 1.54) is 12.1 Å². The second-order valence-corrected chi connectivity index (χ2v) is 6.21. The minimum absolute atomic E-state index is 0.291. The molecule has 0 aliphatic carbocycles. The Morgan fingerprint density at radius 1 is 0.889 bits per heavy atom. The summed E-state index contributed by atoms with van der Waals surface area (Å²) in [5.74, 6) is 0.593. The molecule has 130 valence electrons. The Kier molecular flexibility index (Phi) is 3.36. The quantitative estimate of drug-likeness (QED) is 0.512. The fraction of sp³-hybridized carbons (Fsp3) is 0. The van der Waals surface area contributed by atoms with Crippen LogP contribution in [-0.2, 0) is 0 Å². The Hall–Kier alpha value is -3.80. The molecule has 2 N–H and O–H groups in total. The van der Waals surface area contributed by atoms with Gasteiger partial charge in [-0.25, -0.2) is 9.37 Å². The lowest BCUT2D eigenvalue weighted by atomic mass is 10.0. The molecular weight excluding hydrogens is 341 g/mol. The largest absolute Gasteiger partial charge is 0.384 e. The summed E-state index contributed by atoms with van der Waals surface area (Å²) in [6.07, 6.45) is 3.62. The number of fused-ring (bicyclic) bond motifs is 2. The molecule has 3 aromatic heterocycles. The minimum atomic E-state index is -0.291. The van der Waals surface area contributed by atoms with Crippen molar-refractivity contribution in [1.82, 2.24) is 19.4 Å². The van der Waals surface area contributed by atoms with Crippen molar-refractivity contribution in [1.29, 1.82) is 0 Å². The van der Waals surface area contributed by atoms with Crippen LogP contribution in [0.5, 0.6) is 0 Å². The van der Waals surface area contributed by atoms with Gasteiger partial charge in [-0.2, -0.15) is 4.98 Å². The molecule has 0 aliphatic rings. The summed E-state index contributed by atoms with van der Waals surface area (Å²) in [6, 6.07) is 17.9. The molecule has 5 rings (SSSR count). The Balaban J connectivity index is 1.89. The molecular formula is C21H14FN5. The standard InChI is InChI=1S/C21H14FN5/c22-14-7-5-13(6-8-14)19-20(27-12-10-18(23)25-21(27)26-19)16-9-11-24-17-4-2-1-3-15(16)17/h1-12H,(H2,23,25,26). The number of benzene rings is 2. The van der Waals surface area contributed by atoms with Crippen LogP contribution in [0.2, 0.25) is 0 Å². The summed E-state index contributed by atoms with van der Waals surface area (Å²) in [7, 11) is 0. The third-order valence-corrected chi connectivity index (χ3v) is 4.54. The second-order valence-electron chi connectivity index (χ2n) is 6.21. The molecule has 0 amide bonds. The average Bonchev–Trinajstić information content (AvgIpc) is 3.06. The highest BCUT2D eigenvalue weighted by Crippen LogP contribution is 2.36. The van der Waals surface area contributed by atoms with Crippen LogP contribution in [0.3, 0.4) is 0 Å². The first kappa shape index (κ1) is 15.5. The van der Waals surface area contributed by atoms with Crippen LogP contribution in [0.4, 0.5) is 10.2 Å². The predicted molar refractivity (Wildman–Crippen MR) is 104 cm³/mol. The summed E-state index contributed by atoms with van der Waals surface area (Å²) >= 11 is 0. The van der Waals surface area contributed by atoms with Crippen LogP contribution in [0.1, 0.15) is 0 Å². The lowest BCUT2D eigenvalue weighted by molar-refractivity contribution is 0.628. The van der Waals surface area contributed by atoms with Gasteiger partial charge in [0.15, 0.2) is 0 Å². The number of hydrogen-bond donors (Lipinski definition) is 1. The molecule has 5 aromatic rings. The molecule has 27 heavy (non-hydrogen) atoms. The number of imidazole rings is 1. The van der Waals surface area contributed by atoms with Gasteiger partial charge in [0.25, 0.3) is 0 Å².